The van der Waals surface area contributed by atoms with Crippen LogP contribution in [-0.4, -0.2) is 36.3 Å². The Morgan fingerprint density at radius 3 is 2.39 bits per heavy atom. The van der Waals surface area contributed by atoms with Gasteiger partial charge in [-0.3, -0.25) is 4.79 Å². The van der Waals surface area contributed by atoms with E-state index in [2.05, 4.69) is 31.0 Å². The van der Waals surface area contributed by atoms with Gasteiger partial charge in [0, 0.05) is 25.7 Å². The summed E-state index contributed by atoms with van der Waals surface area (Å²) in [5.74, 6) is 0.170. The molecular weight excluding hydrogens is 430 g/mol. The Kier molecular flexibility index (Phi) is 5.89. The molecule has 0 radical (unpaired) electrons. The van der Waals surface area contributed by atoms with Crippen molar-refractivity contribution in [3.63, 3.8) is 0 Å². The lowest BCUT2D eigenvalue weighted by atomic mass is 10.0. The SMILES string of the molecule is Cc1cc(C)c2sc(=NC(=O)c3ccc(S(=O)(=O)N4CCC(C)CC4)cc3)n(C)c2c1. The van der Waals surface area contributed by atoms with Gasteiger partial charge < -0.3 is 4.57 Å². The second-order valence-corrected chi connectivity index (χ2v) is 11.3. The molecular formula is C23H27N3O3S2. The molecule has 6 nitrogen and oxygen atoms in total. The third-order valence-corrected chi connectivity index (χ3v) is 9.12. The average Bonchev–Trinajstić information content (AvgIpc) is 3.04. The number of nitrogens with zero attached hydrogens (tertiary/aromatic N) is 3. The lowest BCUT2D eigenvalue weighted by molar-refractivity contribution is 0.0998. The average molecular weight is 458 g/mol. The number of piperidine rings is 1. The van der Waals surface area contributed by atoms with Crippen molar-refractivity contribution in [3.05, 3.63) is 57.9 Å². The molecule has 1 aliphatic heterocycles. The van der Waals surface area contributed by atoms with Crippen molar-refractivity contribution in [1.82, 2.24) is 8.87 Å². The van der Waals surface area contributed by atoms with Crippen LogP contribution in [0.15, 0.2) is 46.3 Å². The number of hydrogen-bond acceptors (Lipinski definition) is 4. The lowest BCUT2D eigenvalue weighted by Crippen LogP contribution is -2.37. The van der Waals surface area contributed by atoms with Gasteiger partial charge in [0.2, 0.25) is 10.0 Å². The van der Waals surface area contributed by atoms with Gasteiger partial charge in [-0.1, -0.05) is 24.3 Å². The second kappa shape index (κ2) is 8.33. The van der Waals surface area contributed by atoms with Crippen LogP contribution in [0.4, 0.5) is 0 Å². The first kappa shape index (κ1) is 21.9. The van der Waals surface area contributed by atoms with Crippen LogP contribution in [0.3, 0.4) is 0 Å². The minimum atomic E-state index is -3.53. The van der Waals surface area contributed by atoms with Gasteiger partial charge in [-0.15, -0.1) is 0 Å². The predicted octanol–water partition coefficient (Wildman–Crippen LogP) is 4.02. The molecule has 1 aromatic heterocycles. The molecule has 0 saturated carbocycles. The second-order valence-electron chi connectivity index (χ2n) is 8.40. The monoisotopic (exact) mass is 457 g/mol. The maximum Gasteiger partial charge on any atom is 0.279 e. The predicted molar refractivity (Wildman–Crippen MR) is 124 cm³/mol. The third kappa shape index (κ3) is 4.24. The fourth-order valence-electron chi connectivity index (χ4n) is 3.97. The van der Waals surface area contributed by atoms with Crippen LogP contribution in [0.1, 0.15) is 41.3 Å². The third-order valence-electron chi connectivity index (χ3n) is 5.92. The molecule has 4 rings (SSSR count). The Labute approximate surface area is 186 Å². The van der Waals surface area contributed by atoms with E-state index in [1.54, 1.807) is 12.1 Å². The van der Waals surface area contributed by atoms with Crippen molar-refractivity contribution >= 4 is 37.5 Å². The van der Waals surface area contributed by atoms with E-state index in [1.807, 2.05) is 18.5 Å². The van der Waals surface area contributed by atoms with Gasteiger partial charge in [0.25, 0.3) is 5.91 Å². The fourth-order valence-corrected chi connectivity index (χ4v) is 6.51. The number of fused-ring (bicyclic) bond motifs is 1. The molecule has 1 saturated heterocycles. The molecule has 2 heterocycles. The van der Waals surface area contributed by atoms with Gasteiger partial charge in [0.1, 0.15) is 0 Å². The summed E-state index contributed by atoms with van der Waals surface area (Å²) >= 11 is 1.48. The quantitative estimate of drug-likeness (QED) is 0.596. The highest BCUT2D eigenvalue weighted by atomic mass is 32.2. The molecule has 31 heavy (non-hydrogen) atoms. The Hall–Kier alpha value is -2.29. The van der Waals surface area contributed by atoms with E-state index in [-0.39, 0.29) is 10.8 Å². The van der Waals surface area contributed by atoms with Gasteiger partial charge >= 0.3 is 0 Å². The smallest absolute Gasteiger partial charge is 0.279 e. The summed E-state index contributed by atoms with van der Waals surface area (Å²) in [5, 5.41) is 0. The molecule has 2 aromatic carbocycles. The van der Waals surface area contributed by atoms with Crippen LogP contribution in [-0.2, 0) is 17.1 Å². The molecule has 0 atom stereocenters. The summed E-state index contributed by atoms with van der Waals surface area (Å²) in [6, 6.07) is 10.3. The van der Waals surface area contributed by atoms with E-state index in [9.17, 15) is 13.2 Å². The molecule has 8 heteroatoms. The van der Waals surface area contributed by atoms with Crippen LogP contribution in [0.5, 0.6) is 0 Å². The van der Waals surface area contributed by atoms with Crippen LogP contribution in [0, 0.1) is 19.8 Å². The largest absolute Gasteiger partial charge is 0.319 e. The minimum Gasteiger partial charge on any atom is -0.319 e. The van der Waals surface area contributed by atoms with E-state index in [1.165, 1.54) is 27.8 Å². The highest BCUT2D eigenvalue weighted by molar-refractivity contribution is 7.89. The summed E-state index contributed by atoms with van der Waals surface area (Å²) in [5.41, 5.74) is 3.74. The van der Waals surface area contributed by atoms with Gasteiger partial charge in [-0.05, 0) is 74.1 Å². The number of amides is 1. The summed E-state index contributed by atoms with van der Waals surface area (Å²) in [6.07, 6.45) is 1.75. The number of aromatic nitrogens is 1. The molecule has 1 aliphatic rings. The van der Waals surface area contributed by atoms with Gasteiger partial charge in [0.15, 0.2) is 4.80 Å². The number of hydrogen-bond donors (Lipinski definition) is 0. The highest BCUT2D eigenvalue weighted by Crippen LogP contribution is 2.24. The number of carbonyl (C=O) groups is 1. The maximum atomic E-state index is 12.9. The van der Waals surface area contributed by atoms with E-state index in [0.717, 1.165) is 34.2 Å². The Morgan fingerprint density at radius 2 is 1.74 bits per heavy atom. The molecule has 1 amide bonds. The van der Waals surface area contributed by atoms with Crippen molar-refractivity contribution < 1.29 is 13.2 Å². The van der Waals surface area contributed by atoms with E-state index in [0.29, 0.717) is 29.4 Å². The first-order valence-electron chi connectivity index (χ1n) is 10.4. The maximum absolute atomic E-state index is 12.9. The number of benzene rings is 2. The first-order chi connectivity index (χ1) is 14.7. The molecule has 0 spiro atoms. The molecule has 1 fully saturated rings. The normalized spacial score (nSPS) is 16.8. The minimum absolute atomic E-state index is 0.220. The van der Waals surface area contributed by atoms with Crippen molar-refractivity contribution in [2.24, 2.45) is 18.0 Å². The zero-order chi connectivity index (χ0) is 22.3. The van der Waals surface area contributed by atoms with E-state index >= 15 is 0 Å². The number of aryl methyl sites for hydroxylation is 3. The zero-order valence-electron chi connectivity index (χ0n) is 18.3. The molecule has 0 N–H and O–H groups in total. The fraction of sp³-hybridized carbons (Fsp3) is 0.391. The molecule has 0 unspecified atom stereocenters. The van der Waals surface area contributed by atoms with Gasteiger partial charge in [-0.2, -0.15) is 9.30 Å². The van der Waals surface area contributed by atoms with Crippen LogP contribution >= 0.6 is 11.3 Å². The molecule has 3 aromatic rings. The van der Waals surface area contributed by atoms with Gasteiger partial charge in [0.05, 0.1) is 15.1 Å². The van der Waals surface area contributed by atoms with Crippen molar-refractivity contribution in [1.29, 1.82) is 0 Å². The topological polar surface area (TPSA) is 71.7 Å². The number of thiazole rings is 1. The van der Waals surface area contributed by atoms with E-state index in [4.69, 9.17) is 0 Å². The van der Waals surface area contributed by atoms with Crippen LogP contribution in [0.25, 0.3) is 10.2 Å². The van der Waals surface area contributed by atoms with Crippen LogP contribution < -0.4 is 4.80 Å². The van der Waals surface area contributed by atoms with Gasteiger partial charge in [-0.25, -0.2) is 8.42 Å². The summed E-state index contributed by atoms with van der Waals surface area (Å²) in [6.45, 7) is 7.33. The Balaban J connectivity index is 1.61. The van der Waals surface area contributed by atoms with Crippen molar-refractivity contribution in [2.75, 3.05) is 13.1 Å². The number of carbonyl (C=O) groups excluding carboxylic acids is 1. The standard InChI is InChI=1S/C23H27N3O3S2/c1-15-9-11-26(12-10-15)31(28,29)19-7-5-18(6-8-19)22(27)24-23-25(4)20-14-16(2)13-17(3)21(20)30-23/h5-8,13-15H,9-12H2,1-4H3. The van der Waals surface area contributed by atoms with E-state index < -0.39 is 10.0 Å². The van der Waals surface area contributed by atoms with Crippen molar-refractivity contribution in [3.8, 4) is 0 Å². The lowest BCUT2D eigenvalue weighted by Gasteiger charge is -2.29. The van der Waals surface area contributed by atoms with Crippen LogP contribution in [0.2, 0.25) is 0 Å². The number of rotatable bonds is 3. The number of sulfonamides is 1. The Bertz CT molecular complexity index is 1310. The molecule has 0 aliphatic carbocycles. The molecule has 0 bridgehead atoms. The first-order valence-corrected chi connectivity index (χ1v) is 12.7. The summed E-state index contributed by atoms with van der Waals surface area (Å²) in [4.78, 5) is 17.9. The highest BCUT2D eigenvalue weighted by Gasteiger charge is 2.28. The zero-order valence-corrected chi connectivity index (χ0v) is 19.9. The van der Waals surface area contributed by atoms with Crippen molar-refractivity contribution in [2.45, 2.75) is 38.5 Å². The molecule has 164 valence electrons. The Morgan fingerprint density at radius 1 is 1.10 bits per heavy atom. The summed E-state index contributed by atoms with van der Waals surface area (Å²) < 4.78 is 30.3. The summed E-state index contributed by atoms with van der Waals surface area (Å²) in [7, 11) is -1.63.